The number of rotatable bonds is 10. The van der Waals surface area contributed by atoms with Crippen LogP contribution in [0, 0.1) is 0 Å². The van der Waals surface area contributed by atoms with Gasteiger partial charge in [-0.25, -0.2) is 0 Å². The number of ether oxygens (including phenoxy) is 2. The third kappa shape index (κ3) is 5.85. The Hall–Kier alpha value is -0.710. The summed E-state index contributed by atoms with van der Waals surface area (Å²) in [5.41, 5.74) is 1.24. The van der Waals surface area contributed by atoms with Crippen molar-refractivity contribution < 1.29 is 9.47 Å². The van der Waals surface area contributed by atoms with E-state index in [9.17, 15) is 0 Å². The van der Waals surface area contributed by atoms with Crippen LogP contribution in [0.2, 0.25) is 0 Å². The summed E-state index contributed by atoms with van der Waals surface area (Å²) in [6.07, 6.45) is 3.25. The van der Waals surface area contributed by atoms with Crippen LogP contribution in [-0.4, -0.2) is 38.9 Å². The molecule has 1 aromatic rings. The van der Waals surface area contributed by atoms with Crippen LogP contribution < -0.4 is 10.1 Å². The van der Waals surface area contributed by atoms with Gasteiger partial charge in [-0.2, -0.15) is 11.8 Å². The van der Waals surface area contributed by atoms with E-state index >= 15 is 0 Å². The molecule has 19 heavy (non-hydrogen) atoms. The first kappa shape index (κ1) is 16.3. The zero-order valence-electron chi connectivity index (χ0n) is 12.1. The normalized spacial score (nSPS) is 12.4. The SMILES string of the molecule is CCNC(CCSC)c1ccccc1OCCOC. The maximum Gasteiger partial charge on any atom is 0.124 e. The molecule has 1 atom stereocenters. The van der Waals surface area contributed by atoms with Crippen molar-refractivity contribution in [2.75, 3.05) is 38.9 Å². The number of hydrogen-bond acceptors (Lipinski definition) is 4. The maximum atomic E-state index is 5.81. The molecule has 1 unspecified atom stereocenters. The molecule has 1 aromatic carbocycles. The summed E-state index contributed by atoms with van der Waals surface area (Å²) in [6, 6.07) is 8.63. The van der Waals surface area contributed by atoms with Crippen molar-refractivity contribution in [3.63, 3.8) is 0 Å². The number of nitrogens with one attached hydrogen (secondary N) is 1. The van der Waals surface area contributed by atoms with E-state index in [1.807, 2.05) is 23.9 Å². The number of thioether (sulfide) groups is 1. The minimum absolute atomic E-state index is 0.358. The molecule has 1 N–H and O–H groups in total. The Kier molecular flexibility index (Phi) is 8.71. The summed E-state index contributed by atoms with van der Waals surface area (Å²) < 4.78 is 10.8. The molecule has 1 rings (SSSR count). The van der Waals surface area contributed by atoms with Crippen LogP contribution in [-0.2, 0) is 4.74 Å². The average Bonchev–Trinajstić information content (AvgIpc) is 2.44. The van der Waals surface area contributed by atoms with Crippen LogP contribution in [0.15, 0.2) is 24.3 Å². The molecule has 0 heterocycles. The lowest BCUT2D eigenvalue weighted by atomic mass is 10.0. The summed E-state index contributed by atoms with van der Waals surface area (Å²) in [5.74, 6) is 2.11. The van der Waals surface area contributed by atoms with E-state index < -0.39 is 0 Å². The minimum atomic E-state index is 0.358. The first-order valence-electron chi connectivity index (χ1n) is 6.76. The molecule has 4 heteroatoms. The van der Waals surface area contributed by atoms with Crippen molar-refractivity contribution in [2.45, 2.75) is 19.4 Å². The van der Waals surface area contributed by atoms with Crippen molar-refractivity contribution in [3.8, 4) is 5.75 Å². The van der Waals surface area contributed by atoms with Gasteiger partial charge in [0.25, 0.3) is 0 Å². The van der Waals surface area contributed by atoms with Gasteiger partial charge in [-0.1, -0.05) is 25.1 Å². The Labute approximate surface area is 121 Å². The third-order valence-corrected chi connectivity index (χ3v) is 3.54. The van der Waals surface area contributed by atoms with Crippen LogP contribution in [0.5, 0.6) is 5.75 Å². The van der Waals surface area contributed by atoms with Gasteiger partial charge in [0.1, 0.15) is 12.4 Å². The van der Waals surface area contributed by atoms with Crippen LogP contribution in [0.1, 0.15) is 24.9 Å². The van der Waals surface area contributed by atoms with Gasteiger partial charge in [-0.3, -0.25) is 0 Å². The lowest BCUT2D eigenvalue weighted by Crippen LogP contribution is -2.22. The molecular formula is C15H25NO2S. The molecule has 0 fully saturated rings. The van der Waals surface area contributed by atoms with Crippen molar-refractivity contribution >= 4 is 11.8 Å². The van der Waals surface area contributed by atoms with Gasteiger partial charge >= 0.3 is 0 Å². The third-order valence-electron chi connectivity index (χ3n) is 2.90. The van der Waals surface area contributed by atoms with Gasteiger partial charge in [0.15, 0.2) is 0 Å². The summed E-state index contributed by atoms with van der Waals surface area (Å²) in [4.78, 5) is 0. The Morgan fingerprint density at radius 3 is 2.74 bits per heavy atom. The van der Waals surface area contributed by atoms with Crippen molar-refractivity contribution in [1.29, 1.82) is 0 Å². The van der Waals surface area contributed by atoms with Gasteiger partial charge in [-0.05, 0) is 31.0 Å². The minimum Gasteiger partial charge on any atom is -0.491 e. The molecule has 0 spiro atoms. The molecule has 0 amide bonds. The van der Waals surface area contributed by atoms with Gasteiger partial charge < -0.3 is 14.8 Å². The quantitative estimate of drug-likeness (QED) is 0.668. The van der Waals surface area contributed by atoms with Crippen LogP contribution >= 0.6 is 11.8 Å². The van der Waals surface area contributed by atoms with Gasteiger partial charge in [0.05, 0.1) is 6.61 Å². The van der Waals surface area contributed by atoms with Gasteiger partial charge in [0.2, 0.25) is 0 Å². The van der Waals surface area contributed by atoms with E-state index in [2.05, 4.69) is 30.6 Å². The van der Waals surface area contributed by atoms with Crippen LogP contribution in [0.3, 0.4) is 0 Å². The highest BCUT2D eigenvalue weighted by atomic mass is 32.2. The van der Waals surface area contributed by atoms with E-state index in [-0.39, 0.29) is 0 Å². The summed E-state index contributed by atoms with van der Waals surface area (Å²) >= 11 is 1.88. The number of para-hydroxylation sites is 1. The average molecular weight is 283 g/mol. The Balaban J connectivity index is 2.75. The maximum absolute atomic E-state index is 5.81. The molecule has 0 bridgehead atoms. The summed E-state index contributed by atoms with van der Waals surface area (Å²) in [7, 11) is 1.69. The van der Waals surface area contributed by atoms with Crippen molar-refractivity contribution in [3.05, 3.63) is 29.8 Å². The molecule has 0 saturated carbocycles. The fraction of sp³-hybridized carbons (Fsp3) is 0.600. The van der Waals surface area contributed by atoms with Crippen LogP contribution in [0.4, 0.5) is 0 Å². The van der Waals surface area contributed by atoms with Crippen molar-refractivity contribution in [1.82, 2.24) is 5.32 Å². The highest BCUT2D eigenvalue weighted by Gasteiger charge is 2.14. The fourth-order valence-corrected chi connectivity index (χ4v) is 2.46. The first-order valence-corrected chi connectivity index (χ1v) is 8.15. The smallest absolute Gasteiger partial charge is 0.124 e. The predicted octanol–water partition coefficient (Wildman–Crippen LogP) is 3.12. The molecule has 0 aliphatic rings. The van der Waals surface area contributed by atoms with Gasteiger partial charge in [0, 0.05) is 18.7 Å². The molecule has 3 nitrogen and oxygen atoms in total. The first-order chi connectivity index (χ1) is 9.33. The highest BCUT2D eigenvalue weighted by Crippen LogP contribution is 2.28. The zero-order chi connectivity index (χ0) is 13.9. The zero-order valence-corrected chi connectivity index (χ0v) is 13.0. The lowest BCUT2D eigenvalue weighted by molar-refractivity contribution is 0.145. The number of methoxy groups -OCH3 is 1. The molecule has 108 valence electrons. The lowest BCUT2D eigenvalue weighted by Gasteiger charge is -2.21. The largest absolute Gasteiger partial charge is 0.491 e. The van der Waals surface area contributed by atoms with Crippen molar-refractivity contribution in [2.24, 2.45) is 0 Å². The Morgan fingerprint density at radius 2 is 2.05 bits per heavy atom. The second-order valence-electron chi connectivity index (χ2n) is 4.27. The topological polar surface area (TPSA) is 30.5 Å². The van der Waals surface area contributed by atoms with E-state index in [1.54, 1.807) is 7.11 Å². The van der Waals surface area contributed by atoms with E-state index in [4.69, 9.17) is 9.47 Å². The Bertz CT molecular complexity index is 347. The number of hydrogen-bond donors (Lipinski definition) is 1. The van der Waals surface area contributed by atoms with E-state index in [1.165, 1.54) is 5.56 Å². The summed E-state index contributed by atoms with van der Waals surface area (Å²) in [5, 5.41) is 3.54. The molecule has 0 radical (unpaired) electrons. The molecule has 0 aliphatic heterocycles. The van der Waals surface area contributed by atoms with Gasteiger partial charge in [-0.15, -0.1) is 0 Å². The van der Waals surface area contributed by atoms with E-state index in [0.717, 1.165) is 24.5 Å². The molecule has 0 aliphatic carbocycles. The standard InChI is InChI=1S/C15H25NO2S/c1-4-16-14(9-12-19-3)13-7-5-6-8-15(13)18-11-10-17-2/h5-8,14,16H,4,9-12H2,1-3H3. The molecule has 0 aromatic heterocycles. The molecular weight excluding hydrogens is 258 g/mol. The van der Waals surface area contributed by atoms with Crippen LogP contribution in [0.25, 0.3) is 0 Å². The monoisotopic (exact) mass is 283 g/mol. The summed E-state index contributed by atoms with van der Waals surface area (Å²) in [6.45, 7) is 4.31. The Morgan fingerprint density at radius 1 is 1.26 bits per heavy atom. The second kappa shape index (κ2) is 10.1. The second-order valence-corrected chi connectivity index (χ2v) is 5.26. The predicted molar refractivity (Wildman–Crippen MR) is 83.2 cm³/mol. The van der Waals surface area contributed by atoms with E-state index in [0.29, 0.717) is 19.3 Å². The highest BCUT2D eigenvalue weighted by molar-refractivity contribution is 7.98. The number of benzene rings is 1. The molecule has 0 saturated heterocycles. The fourth-order valence-electron chi connectivity index (χ4n) is 1.98.